The smallest absolute Gasteiger partial charge is 0.416 e. The molecule has 0 spiro atoms. The van der Waals surface area contributed by atoms with Crippen LogP contribution in [0.25, 0.3) is 11.5 Å². The van der Waals surface area contributed by atoms with Gasteiger partial charge in [0, 0.05) is 31.0 Å². The molecule has 2 aromatic carbocycles. The molecule has 3 aromatic rings. The van der Waals surface area contributed by atoms with Crippen molar-refractivity contribution in [1.82, 2.24) is 9.88 Å². The Kier molecular flexibility index (Phi) is 8.23. The molecule has 1 amide bonds. The van der Waals surface area contributed by atoms with Gasteiger partial charge in [-0.05, 0) is 61.4 Å². The summed E-state index contributed by atoms with van der Waals surface area (Å²) in [5.74, 6) is -0.122. The Balaban J connectivity index is 1.41. The van der Waals surface area contributed by atoms with Gasteiger partial charge < -0.3 is 19.2 Å². The third-order valence-electron chi connectivity index (χ3n) is 6.38. The summed E-state index contributed by atoms with van der Waals surface area (Å²) in [6.07, 6.45) is 2.56. The van der Waals surface area contributed by atoms with E-state index < -0.39 is 23.8 Å². The number of fused-ring (bicyclic) bond motifs is 1. The van der Waals surface area contributed by atoms with Crippen LogP contribution in [0.1, 0.15) is 35.1 Å². The van der Waals surface area contributed by atoms with Gasteiger partial charge in [0.15, 0.2) is 0 Å². The summed E-state index contributed by atoms with van der Waals surface area (Å²) in [4.78, 5) is 30.2. The van der Waals surface area contributed by atoms with Gasteiger partial charge in [-0.15, -0.1) is 0 Å². The molecule has 0 radical (unpaired) electrons. The predicted octanol–water partition coefficient (Wildman–Crippen LogP) is 5.76. The Bertz CT molecular complexity index is 1410. The first-order valence-corrected chi connectivity index (χ1v) is 12.3. The number of nitrogens with zero attached hydrogens (tertiary/aromatic N) is 2. The number of carboxylic acids is 1. The summed E-state index contributed by atoms with van der Waals surface area (Å²) in [6, 6.07) is 9.01. The summed E-state index contributed by atoms with van der Waals surface area (Å²) in [7, 11) is 0. The minimum Gasteiger partial charge on any atom is -0.493 e. The molecule has 39 heavy (non-hydrogen) atoms. The molecule has 2 heterocycles. The van der Waals surface area contributed by atoms with E-state index in [0.29, 0.717) is 29.2 Å². The number of benzene rings is 2. The maximum absolute atomic E-state index is 12.8. The van der Waals surface area contributed by atoms with Crippen LogP contribution in [0.4, 0.5) is 13.2 Å². The van der Waals surface area contributed by atoms with Crippen LogP contribution in [-0.2, 0) is 35.2 Å². The van der Waals surface area contributed by atoms with Gasteiger partial charge in [-0.3, -0.25) is 4.79 Å². The second-order valence-electron chi connectivity index (χ2n) is 9.04. The number of alkyl halides is 3. The van der Waals surface area contributed by atoms with Crippen molar-refractivity contribution in [1.29, 1.82) is 0 Å². The van der Waals surface area contributed by atoms with E-state index in [2.05, 4.69) is 4.98 Å². The second kappa shape index (κ2) is 11.6. The number of oxazole rings is 1. The molecular weight excluding hydrogens is 513 g/mol. The monoisotopic (exact) mass is 540 g/mol. The molecule has 0 saturated carbocycles. The van der Waals surface area contributed by atoms with E-state index >= 15 is 0 Å². The Morgan fingerprint density at radius 3 is 2.56 bits per heavy atom. The van der Waals surface area contributed by atoms with Gasteiger partial charge in [-0.1, -0.05) is 24.3 Å². The number of carbonyl (C=O) groups excluding carboxylic acids is 1. The van der Waals surface area contributed by atoms with Crippen LogP contribution in [-0.4, -0.2) is 39.5 Å². The van der Waals surface area contributed by atoms with E-state index in [4.69, 9.17) is 9.15 Å². The maximum atomic E-state index is 12.8. The van der Waals surface area contributed by atoms with Gasteiger partial charge in [0.2, 0.25) is 11.8 Å². The fraction of sp³-hybridized carbons (Fsp3) is 0.276. The molecule has 204 valence electrons. The van der Waals surface area contributed by atoms with Crippen molar-refractivity contribution in [2.45, 2.75) is 45.5 Å². The molecule has 1 aromatic heterocycles. The van der Waals surface area contributed by atoms with Crippen molar-refractivity contribution < 1.29 is 37.0 Å². The summed E-state index contributed by atoms with van der Waals surface area (Å²) in [5, 5.41) is 9.66. The number of hydrogen-bond acceptors (Lipinski definition) is 5. The van der Waals surface area contributed by atoms with Crippen molar-refractivity contribution in [3.63, 3.8) is 0 Å². The predicted molar refractivity (Wildman–Crippen MR) is 137 cm³/mol. The van der Waals surface area contributed by atoms with E-state index in [9.17, 15) is 27.9 Å². The highest BCUT2D eigenvalue weighted by molar-refractivity contribution is 5.92. The summed E-state index contributed by atoms with van der Waals surface area (Å²) < 4.78 is 50.0. The highest BCUT2D eigenvalue weighted by Gasteiger charge is 2.34. The number of ether oxygens (including phenoxy) is 1. The van der Waals surface area contributed by atoms with Gasteiger partial charge >= 0.3 is 12.1 Å². The lowest BCUT2D eigenvalue weighted by Crippen LogP contribution is -2.48. The molecule has 0 saturated heterocycles. The number of aromatic nitrogens is 1. The number of aryl methyl sites for hydroxylation is 1. The van der Waals surface area contributed by atoms with E-state index in [-0.39, 0.29) is 31.4 Å². The van der Waals surface area contributed by atoms with Crippen LogP contribution in [0.15, 0.2) is 71.2 Å². The number of rotatable bonds is 8. The van der Waals surface area contributed by atoms with E-state index in [1.54, 1.807) is 37.3 Å². The fourth-order valence-corrected chi connectivity index (χ4v) is 4.30. The van der Waals surface area contributed by atoms with Crippen molar-refractivity contribution in [3.8, 4) is 17.2 Å². The molecule has 4 rings (SSSR count). The fourth-order valence-electron chi connectivity index (χ4n) is 4.30. The van der Waals surface area contributed by atoms with Gasteiger partial charge in [0.25, 0.3) is 0 Å². The quantitative estimate of drug-likeness (QED) is 0.289. The Labute approximate surface area is 223 Å². The van der Waals surface area contributed by atoms with E-state index in [1.807, 2.05) is 13.0 Å². The SMILES string of the molecule is C/C=C/C=C/C(=O)N1Cc2cc(OCCc3nc(-c4ccc(C(F)(F)F)cc4)oc3C)ccc2C[C@H]1C(=O)O. The molecule has 1 aliphatic heterocycles. The highest BCUT2D eigenvalue weighted by atomic mass is 19.4. The molecule has 1 N–H and O–H groups in total. The zero-order valence-electron chi connectivity index (χ0n) is 21.4. The van der Waals surface area contributed by atoms with Crippen molar-refractivity contribution in [2.24, 2.45) is 0 Å². The van der Waals surface area contributed by atoms with Crippen LogP contribution < -0.4 is 4.74 Å². The van der Waals surface area contributed by atoms with Gasteiger partial charge in [-0.2, -0.15) is 13.2 Å². The number of allylic oxidation sites excluding steroid dienone is 3. The van der Waals surface area contributed by atoms with Crippen molar-refractivity contribution in [3.05, 3.63) is 94.9 Å². The molecule has 0 fully saturated rings. The molecule has 1 aliphatic rings. The molecule has 7 nitrogen and oxygen atoms in total. The summed E-state index contributed by atoms with van der Waals surface area (Å²) in [5.41, 5.74) is 1.96. The van der Waals surface area contributed by atoms with E-state index in [0.717, 1.165) is 23.3 Å². The van der Waals surface area contributed by atoms with E-state index in [1.165, 1.54) is 23.1 Å². The average Bonchev–Trinajstić information content (AvgIpc) is 3.27. The van der Waals surface area contributed by atoms with Gasteiger partial charge in [0.1, 0.15) is 17.6 Å². The van der Waals surface area contributed by atoms with Crippen LogP contribution in [0.2, 0.25) is 0 Å². The molecule has 0 aliphatic carbocycles. The number of carbonyl (C=O) groups is 2. The molecule has 0 bridgehead atoms. The topological polar surface area (TPSA) is 92.9 Å². The van der Waals surface area contributed by atoms with Crippen LogP contribution in [0.3, 0.4) is 0 Å². The van der Waals surface area contributed by atoms with Crippen LogP contribution in [0, 0.1) is 6.92 Å². The first-order chi connectivity index (χ1) is 18.6. The molecular formula is C29H27F3N2O5. The summed E-state index contributed by atoms with van der Waals surface area (Å²) >= 11 is 0. The zero-order valence-corrected chi connectivity index (χ0v) is 21.4. The Hall–Kier alpha value is -4.34. The third-order valence-corrected chi connectivity index (χ3v) is 6.38. The third kappa shape index (κ3) is 6.57. The highest BCUT2D eigenvalue weighted by Crippen LogP contribution is 2.31. The second-order valence-corrected chi connectivity index (χ2v) is 9.04. The normalized spacial score (nSPS) is 15.6. The minimum absolute atomic E-state index is 0.140. The molecule has 0 unspecified atom stereocenters. The average molecular weight is 541 g/mol. The Morgan fingerprint density at radius 1 is 1.15 bits per heavy atom. The van der Waals surface area contributed by atoms with Crippen molar-refractivity contribution >= 4 is 11.9 Å². The lowest BCUT2D eigenvalue weighted by atomic mass is 9.93. The standard InChI is InChI=1S/C29H27F3N2O5/c1-3-4-5-6-26(35)34-17-21-15-23(12-9-20(21)16-25(34)28(36)37)38-14-13-24-18(2)39-27(33-24)19-7-10-22(11-8-19)29(30,31)32/h3-12,15,25H,13-14,16-17H2,1-2H3,(H,36,37)/b4-3+,6-5+/t25-/m0/s1. The Morgan fingerprint density at radius 2 is 1.90 bits per heavy atom. The maximum Gasteiger partial charge on any atom is 0.416 e. The first kappa shape index (κ1) is 27.7. The lowest BCUT2D eigenvalue weighted by molar-refractivity contribution is -0.149. The van der Waals surface area contributed by atoms with Gasteiger partial charge in [-0.25, -0.2) is 9.78 Å². The number of carboxylic acid groups (broad SMARTS) is 1. The molecule has 1 atom stereocenters. The van der Waals surface area contributed by atoms with Crippen LogP contribution in [0.5, 0.6) is 5.75 Å². The van der Waals surface area contributed by atoms with Gasteiger partial charge in [0.05, 0.1) is 17.9 Å². The number of hydrogen-bond donors (Lipinski definition) is 1. The van der Waals surface area contributed by atoms with Crippen molar-refractivity contribution in [2.75, 3.05) is 6.61 Å². The van der Waals surface area contributed by atoms with Crippen LogP contribution >= 0.6 is 0 Å². The summed E-state index contributed by atoms with van der Waals surface area (Å²) in [6.45, 7) is 3.94. The first-order valence-electron chi connectivity index (χ1n) is 12.3. The number of amides is 1. The number of aliphatic carboxylic acids is 1. The largest absolute Gasteiger partial charge is 0.493 e. The molecule has 10 heteroatoms. The lowest BCUT2D eigenvalue weighted by Gasteiger charge is -2.34. The number of halogens is 3. The minimum atomic E-state index is -4.42. The zero-order chi connectivity index (χ0) is 28.2.